The Labute approximate surface area is 320 Å². The van der Waals surface area contributed by atoms with E-state index in [4.69, 9.17) is 18.9 Å². The minimum Gasteiger partial charge on any atom is -0.462 e. The predicted octanol–water partition coefficient (Wildman–Crippen LogP) is 7.50. The Hall–Kier alpha value is -1.61. The van der Waals surface area contributed by atoms with Gasteiger partial charge in [0.25, 0.3) is 10.1 Å². The van der Waals surface area contributed by atoms with Gasteiger partial charge in [-0.15, -0.1) is 0 Å². The van der Waals surface area contributed by atoms with Crippen LogP contribution in [0.3, 0.4) is 0 Å². The molecule has 6 atom stereocenters. The quantitative estimate of drug-likeness (QED) is 0.0219. The third-order valence-electron chi connectivity index (χ3n) is 9.60. The number of allylic oxidation sites excluding steroid dienone is 2. The molecule has 0 aliphatic carbocycles. The Bertz CT molecular complexity index is 1050. The molecule has 0 amide bonds. The topological polar surface area (TPSA) is 186 Å². The minimum atomic E-state index is -4.59. The van der Waals surface area contributed by atoms with Crippen LogP contribution in [0.15, 0.2) is 12.2 Å². The maximum Gasteiger partial charge on any atom is 0.306 e. The minimum absolute atomic E-state index is 0.167. The molecule has 312 valence electrons. The lowest BCUT2D eigenvalue weighted by molar-refractivity contribution is -0.297. The normalized spacial score (nSPS) is 21.2. The van der Waals surface area contributed by atoms with Crippen molar-refractivity contribution in [3.05, 3.63) is 12.2 Å². The molecular weight excluding hydrogens is 704 g/mol. The van der Waals surface area contributed by atoms with Gasteiger partial charge in [0.2, 0.25) is 0 Å². The van der Waals surface area contributed by atoms with Crippen LogP contribution in [-0.4, -0.2) is 96.0 Å². The van der Waals surface area contributed by atoms with Gasteiger partial charge in [-0.1, -0.05) is 135 Å². The van der Waals surface area contributed by atoms with Crippen molar-refractivity contribution in [3.8, 4) is 0 Å². The van der Waals surface area contributed by atoms with E-state index in [1.165, 1.54) is 77.0 Å². The summed E-state index contributed by atoms with van der Waals surface area (Å²) in [6.45, 7) is 3.71. The molecular formula is C40H74O12S. The van der Waals surface area contributed by atoms with Gasteiger partial charge in [-0.3, -0.25) is 14.1 Å². The van der Waals surface area contributed by atoms with Crippen molar-refractivity contribution < 1.29 is 56.8 Å². The van der Waals surface area contributed by atoms with Crippen LogP contribution >= 0.6 is 0 Å². The van der Waals surface area contributed by atoms with Crippen molar-refractivity contribution in [2.45, 2.75) is 211 Å². The van der Waals surface area contributed by atoms with E-state index in [0.717, 1.165) is 57.8 Å². The van der Waals surface area contributed by atoms with Crippen LogP contribution in [0, 0.1) is 0 Å². The third-order valence-corrected chi connectivity index (χ3v) is 10.3. The van der Waals surface area contributed by atoms with Crippen LogP contribution in [0.1, 0.15) is 174 Å². The van der Waals surface area contributed by atoms with Gasteiger partial charge >= 0.3 is 11.9 Å². The molecule has 1 heterocycles. The molecule has 1 rings (SSSR count). The van der Waals surface area contributed by atoms with Crippen molar-refractivity contribution in [1.82, 2.24) is 0 Å². The number of hydrogen-bond acceptors (Lipinski definition) is 11. The summed E-state index contributed by atoms with van der Waals surface area (Å²) in [6, 6.07) is 0. The standard InChI is InChI=1S/C40H74O12S/c1-3-5-7-9-11-13-15-17-19-21-23-25-27-29-36(42)51-33(31-50-40-39(45)38(44)37(43)34(52-40)32-53(46,47)48)30-49-35(41)28-26-24-22-20-18-16-14-12-10-8-6-4-2/h12,14,33-34,37-40,43-45H,3-11,13,15-32H2,1-2H3,(H,46,47,48)/b14-12+/t33-,34-,37-,38?,39?,40+/m1/s1. The van der Waals surface area contributed by atoms with E-state index in [2.05, 4.69) is 26.0 Å². The van der Waals surface area contributed by atoms with Crippen LogP contribution in [-0.2, 0) is 38.7 Å². The number of hydrogen-bond donors (Lipinski definition) is 4. The maximum atomic E-state index is 12.7. The average Bonchev–Trinajstić information content (AvgIpc) is 3.12. The zero-order chi connectivity index (χ0) is 39.2. The summed E-state index contributed by atoms with van der Waals surface area (Å²) >= 11 is 0. The molecule has 12 nitrogen and oxygen atoms in total. The molecule has 1 aliphatic rings. The number of ether oxygens (including phenoxy) is 4. The van der Waals surface area contributed by atoms with Gasteiger partial charge in [0, 0.05) is 12.8 Å². The van der Waals surface area contributed by atoms with E-state index in [9.17, 15) is 37.9 Å². The molecule has 0 aromatic carbocycles. The van der Waals surface area contributed by atoms with Gasteiger partial charge in [0.1, 0.15) is 36.8 Å². The molecule has 1 saturated heterocycles. The molecule has 0 aromatic heterocycles. The molecule has 0 spiro atoms. The molecule has 0 bridgehead atoms. The summed E-state index contributed by atoms with van der Waals surface area (Å²) in [5, 5.41) is 30.8. The second-order valence-electron chi connectivity index (χ2n) is 14.7. The Morgan fingerprint density at radius 2 is 1.08 bits per heavy atom. The second-order valence-corrected chi connectivity index (χ2v) is 16.2. The molecule has 2 unspecified atom stereocenters. The van der Waals surface area contributed by atoms with Gasteiger partial charge in [-0.05, 0) is 38.5 Å². The van der Waals surface area contributed by atoms with Crippen LogP contribution in [0.2, 0.25) is 0 Å². The van der Waals surface area contributed by atoms with Crippen LogP contribution in [0.5, 0.6) is 0 Å². The first-order valence-corrected chi connectivity index (χ1v) is 22.4. The Morgan fingerprint density at radius 3 is 1.60 bits per heavy atom. The van der Waals surface area contributed by atoms with Crippen molar-refractivity contribution in [3.63, 3.8) is 0 Å². The smallest absolute Gasteiger partial charge is 0.306 e. The SMILES string of the molecule is CCCCC/C=C/CCCCCCCC(=O)OC[C@H](CO[C@H]1O[C@H](CS(=O)(=O)O)[C@@H](O)C(O)C1O)OC(=O)CCCCCCCCCCCCCCC. The highest BCUT2D eigenvalue weighted by Crippen LogP contribution is 2.24. The van der Waals surface area contributed by atoms with E-state index < -0.39 is 71.2 Å². The van der Waals surface area contributed by atoms with E-state index >= 15 is 0 Å². The van der Waals surface area contributed by atoms with Crippen molar-refractivity contribution in [1.29, 1.82) is 0 Å². The molecule has 0 radical (unpaired) electrons. The van der Waals surface area contributed by atoms with E-state index in [0.29, 0.717) is 12.8 Å². The zero-order valence-corrected chi connectivity index (χ0v) is 33.7. The highest BCUT2D eigenvalue weighted by molar-refractivity contribution is 7.85. The lowest BCUT2D eigenvalue weighted by atomic mass is 10.00. The maximum absolute atomic E-state index is 12.7. The van der Waals surface area contributed by atoms with Gasteiger partial charge in [0.05, 0.1) is 6.61 Å². The molecule has 0 aromatic rings. The van der Waals surface area contributed by atoms with Crippen LogP contribution in [0.25, 0.3) is 0 Å². The number of carbonyl (C=O) groups is 2. The second kappa shape index (κ2) is 31.6. The fourth-order valence-corrected chi connectivity index (χ4v) is 7.01. The van der Waals surface area contributed by atoms with Gasteiger partial charge in [-0.25, -0.2) is 0 Å². The highest BCUT2D eigenvalue weighted by atomic mass is 32.2. The molecule has 1 fully saturated rings. The summed E-state index contributed by atoms with van der Waals surface area (Å²) in [5.74, 6) is -1.99. The van der Waals surface area contributed by atoms with Crippen molar-refractivity contribution >= 4 is 22.1 Å². The van der Waals surface area contributed by atoms with E-state index in [1.54, 1.807) is 0 Å². The summed E-state index contributed by atoms with van der Waals surface area (Å²) in [6.07, 6.45) is 21.2. The summed E-state index contributed by atoms with van der Waals surface area (Å²) < 4.78 is 53.9. The average molecular weight is 779 g/mol. The number of aliphatic hydroxyl groups excluding tert-OH is 3. The lowest BCUT2D eigenvalue weighted by Gasteiger charge is -2.40. The van der Waals surface area contributed by atoms with Crippen LogP contribution < -0.4 is 0 Å². The van der Waals surface area contributed by atoms with E-state index in [-0.39, 0.29) is 19.4 Å². The number of rotatable bonds is 34. The predicted molar refractivity (Wildman–Crippen MR) is 206 cm³/mol. The zero-order valence-electron chi connectivity index (χ0n) is 32.9. The fraction of sp³-hybridized carbons (Fsp3) is 0.900. The number of esters is 2. The number of aliphatic hydroxyl groups is 3. The van der Waals surface area contributed by atoms with E-state index in [1.807, 2.05) is 0 Å². The Kier molecular flexibility index (Phi) is 29.4. The van der Waals surface area contributed by atoms with Crippen molar-refractivity contribution in [2.24, 2.45) is 0 Å². The highest BCUT2D eigenvalue weighted by Gasteiger charge is 2.46. The first-order valence-electron chi connectivity index (χ1n) is 20.7. The lowest BCUT2D eigenvalue weighted by Crippen LogP contribution is -2.60. The monoisotopic (exact) mass is 778 g/mol. The van der Waals surface area contributed by atoms with Gasteiger partial charge < -0.3 is 34.3 Å². The van der Waals surface area contributed by atoms with Crippen LogP contribution in [0.4, 0.5) is 0 Å². The summed E-state index contributed by atoms with van der Waals surface area (Å²) in [5.41, 5.74) is 0. The molecule has 13 heteroatoms. The fourth-order valence-electron chi connectivity index (χ4n) is 6.32. The number of carbonyl (C=O) groups excluding carboxylic acids is 2. The van der Waals surface area contributed by atoms with Gasteiger partial charge in [-0.2, -0.15) is 8.42 Å². The molecule has 0 saturated carbocycles. The first kappa shape index (κ1) is 49.4. The van der Waals surface area contributed by atoms with Crippen molar-refractivity contribution in [2.75, 3.05) is 19.0 Å². The first-order chi connectivity index (χ1) is 25.5. The largest absolute Gasteiger partial charge is 0.462 e. The Balaban J connectivity index is 2.50. The Morgan fingerprint density at radius 1 is 0.623 bits per heavy atom. The molecule has 4 N–H and O–H groups in total. The summed E-state index contributed by atoms with van der Waals surface area (Å²) in [4.78, 5) is 25.3. The molecule has 1 aliphatic heterocycles. The molecule has 53 heavy (non-hydrogen) atoms. The van der Waals surface area contributed by atoms with Gasteiger partial charge in [0.15, 0.2) is 12.4 Å². The third kappa shape index (κ3) is 26.8. The summed E-state index contributed by atoms with van der Waals surface area (Å²) in [7, 11) is -4.59. The number of unbranched alkanes of at least 4 members (excludes halogenated alkanes) is 20.